The van der Waals surface area contributed by atoms with Crippen molar-refractivity contribution in [2.75, 3.05) is 40.3 Å². The fourth-order valence-corrected chi connectivity index (χ4v) is 2.56. The summed E-state index contributed by atoms with van der Waals surface area (Å²) in [4.78, 5) is 14.3. The van der Waals surface area contributed by atoms with Crippen LogP contribution in [0.1, 0.15) is 32.6 Å². The summed E-state index contributed by atoms with van der Waals surface area (Å²) in [5.74, 6) is 1.12. The van der Waals surface area contributed by atoms with Gasteiger partial charge in [0, 0.05) is 13.1 Å². The van der Waals surface area contributed by atoms with Gasteiger partial charge in [0.25, 0.3) is 0 Å². The Balaban J connectivity index is 2.14. The molecule has 18 heavy (non-hydrogen) atoms. The Morgan fingerprint density at radius 2 is 2.06 bits per heavy atom. The van der Waals surface area contributed by atoms with Gasteiger partial charge in [-0.2, -0.15) is 0 Å². The van der Waals surface area contributed by atoms with Gasteiger partial charge in [-0.3, -0.25) is 4.79 Å². The molecule has 0 aromatic carbocycles. The minimum atomic E-state index is 0.118. The standard InChI is InChI=1S/C14H29N3O/c1-4-13(11-15-2)14(18)16-8-5-12-6-9-17(3)10-7-12/h12-13,15H,4-11H2,1-3H3,(H,16,18). The van der Waals surface area contributed by atoms with Crippen molar-refractivity contribution in [2.45, 2.75) is 32.6 Å². The quantitative estimate of drug-likeness (QED) is 0.715. The number of hydrogen-bond donors (Lipinski definition) is 2. The lowest BCUT2D eigenvalue weighted by Crippen LogP contribution is -2.37. The number of carbonyl (C=O) groups excluding carboxylic acids is 1. The van der Waals surface area contributed by atoms with Crippen molar-refractivity contribution in [1.82, 2.24) is 15.5 Å². The van der Waals surface area contributed by atoms with Crippen molar-refractivity contribution < 1.29 is 4.79 Å². The highest BCUT2D eigenvalue weighted by Crippen LogP contribution is 2.18. The summed E-state index contributed by atoms with van der Waals surface area (Å²) in [6.45, 7) is 6.09. The third-order valence-electron chi connectivity index (χ3n) is 4.00. The molecule has 1 aliphatic rings. The molecule has 1 heterocycles. The number of likely N-dealkylation sites (tertiary alicyclic amines) is 1. The highest BCUT2D eigenvalue weighted by molar-refractivity contribution is 5.78. The smallest absolute Gasteiger partial charge is 0.224 e. The van der Waals surface area contributed by atoms with E-state index in [9.17, 15) is 4.79 Å². The second-order valence-corrected chi connectivity index (χ2v) is 5.49. The van der Waals surface area contributed by atoms with Crippen molar-refractivity contribution in [2.24, 2.45) is 11.8 Å². The number of amides is 1. The molecule has 0 spiro atoms. The number of piperidine rings is 1. The Bertz CT molecular complexity index is 237. The summed E-state index contributed by atoms with van der Waals surface area (Å²) in [5.41, 5.74) is 0. The molecular weight excluding hydrogens is 226 g/mol. The zero-order valence-electron chi connectivity index (χ0n) is 12.2. The van der Waals surface area contributed by atoms with Gasteiger partial charge in [-0.25, -0.2) is 0 Å². The van der Waals surface area contributed by atoms with Gasteiger partial charge in [0.2, 0.25) is 5.91 Å². The molecule has 0 aromatic heterocycles. The van der Waals surface area contributed by atoms with E-state index in [1.807, 2.05) is 7.05 Å². The highest BCUT2D eigenvalue weighted by atomic mass is 16.1. The van der Waals surface area contributed by atoms with E-state index in [1.165, 1.54) is 25.9 Å². The van der Waals surface area contributed by atoms with Crippen LogP contribution < -0.4 is 10.6 Å². The van der Waals surface area contributed by atoms with Crippen LogP contribution in [0.15, 0.2) is 0 Å². The van der Waals surface area contributed by atoms with Gasteiger partial charge in [0.05, 0.1) is 5.92 Å². The van der Waals surface area contributed by atoms with Crippen molar-refractivity contribution in [3.05, 3.63) is 0 Å². The first-order valence-electron chi connectivity index (χ1n) is 7.28. The first-order chi connectivity index (χ1) is 8.67. The molecule has 1 amide bonds. The van der Waals surface area contributed by atoms with Gasteiger partial charge >= 0.3 is 0 Å². The van der Waals surface area contributed by atoms with Crippen LogP contribution in [0, 0.1) is 11.8 Å². The van der Waals surface area contributed by atoms with Gasteiger partial charge in [-0.15, -0.1) is 0 Å². The summed E-state index contributed by atoms with van der Waals surface area (Å²) >= 11 is 0. The number of carbonyl (C=O) groups is 1. The molecule has 4 heteroatoms. The second-order valence-electron chi connectivity index (χ2n) is 5.49. The number of nitrogens with zero attached hydrogens (tertiary/aromatic N) is 1. The third kappa shape index (κ3) is 5.36. The van der Waals surface area contributed by atoms with Crippen LogP contribution in [-0.4, -0.2) is 51.1 Å². The average molecular weight is 255 g/mol. The minimum Gasteiger partial charge on any atom is -0.356 e. The van der Waals surface area contributed by atoms with Gasteiger partial charge in [-0.1, -0.05) is 6.92 Å². The van der Waals surface area contributed by atoms with Crippen LogP contribution in [0.4, 0.5) is 0 Å². The van der Waals surface area contributed by atoms with Gasteiger partial charge in [0.15, 0.2) is 0 Å². The molecule has 0 aromatic rings. The molecule has 1 saturated heterocycles. The fraction of sp³-hybridized carbons (Fsp3) is 0.929. The van der Waals surface area contributed by atoms with E-state index < -0.39 is 0 Å². The first kappa shape index (κ1) is 15.4. The van der Waals surface area contributed by atoms with E-state index in [0.717, 1.165) is 31.8 Å². The number of rotatable bonds is 7. The van der Waals surface area contributed by atoms with Crippen LogP contribution in [-0.2, 0) is 4.79 Å². The van der Waals surface area contributed by atoms with E-state index in [4.69, 9.17) is 0 Å². The molecule has 1 fully saturated rings. The van der Waals surface area contributed by atoms with E-state index in [1.54, 1.807) is 0 Å². The van der Waals surface area contributed by atoms with Crippen LogP contribution in [0.2, 0.25) is 0 Å². The van der Waals surface area contributed by atoms with Crippen LogP contribution in [0.3, 0.4) is 0 Å². The molecule has 1 aliphatic heterocycles. The molecule has 1 rings (SSSR count). The monoisotopic (exact) mass is 255 g/mol. The molecule has 0 radical (unpaired) electrons. The molecule has 0 saturated carbocycles. The van der Waals surface area contributed by atoms with Crippen molar-refractivity contribution >= 4 is 5.91 Å². The normalized spacial score (nSPS) is 19.7. The molecule has 4 nitrogen and oxygen atoms in total. The molecular formula is C14H29N3O. The maximum absolute atomic E-state index is 11.9. The Kier molecular flexibility index (Phi) is 7.28. The van der Waals surface area contributed by atoms with Gasteiger partial charge in [0.1, 0.15) is 0 Å². The van der Waals surface area contributed by atoms with Crippen LogP contribution >= 0.6 is 0 Å². The predicted molar refractivity (Wildman–Crippen MR) is 75.6 cm³/mol. The molecule has 1 atom stereocenters. The van der Waals surface area contributed by atoms with E-state index >= 15 is 0 Å². The van der Waals surface area contributed by atoms with Gasteiger partial charge < -0.3 is 15.5 Å². The van der Waals surface area contributed by atoms with Crippen molar-refractivity contribution in [3.63, 3.8) is 0 Å². The SMILES string of the molecule is CCC(CNC)C(=O)NCCC1CCN(C)CC1. The van der Waals surface area contributed by atoms with Crippen molar-refractivity contribution in [1.29, 1.82) is 0 Å². The average Bonchev–Trinajstić information content (AvgIpc) is 2.38. The maximum atomic E-state index is 11.9. The zero-order valence-corrected chi connectivity index (χ0v) is 12.2. The minimum absolute atomic E-state index is 0.118. The lowest BCUT2D eigenvalue weighted by atomic mass is 9.94. The molecule has 0 bridgehead atoms. The number of hydrogen-bond acceptors (Lipinski definition) is 3. The van der Waals surface area contributed by atoms with E-state index in [-0.39, 0.29) is 11.8 Å². The zero-order chi connectivity index (χ0) is 13.4. The summed E-state index contributed by atoms with van der Waals surface area (Å²) in [6.07, 6.45) is 4.59. The molecule has 2 N–H and O–H groups in total. The summed E-state index contributed by atoms with van der Waals surface area (Å²) in [6, 6.07) is 0. The fourth-order valence-electron chi connectivity index (χ4n) is 2.56. The van der Waals surface area contributed by atoms with Gasteiger partial charge in [-0.05, 0) is 58.8 Å². The Morgan fingerprint density at radius 1 is 1.39 bits per heavy atom. The molecule has 0 aliphatic carbocycles. The third-order valence-corrected chi connectivity index (χ3v) is 4.00. The molecule has 106 valence electrons. The van der Waals surface area contributed by atoms with E-state index in [2.05, 4.69) is 29.5 Å². The Labute approximate surface area is 111 Å². The predicted octanol–water partition coefficient (Wildman–Crippen LogP) is 1.08. The first-order valence-corrected chi connectivity index (χ1v) is 7.28. The lowest BCUT2D eigenvalue weighted by Gasteiger charge is -2.29. The van der Waals surface area contributed by atoms with Crippen molar-refractivity contribution in [3.8, 4) is 0 Å². The Hall–Kier alpha value is -0.610. The number of nitrogens with one attached hydrogen (secondary N) is 2. The van der Waals surface area contributed by atoms with Crippen LogP contribution in [0.5, 0.6) is 0 Å². The topological polar surface area (TPSA) is 44.4 Å². The second kappa shape index (κ2) is 8.48. The maximum Gasteiger partial charge on any atom is 0.224 e. The lowest BCUT2D eigenvalue weighted by molar-refractivity contribution is -0.125. The Morgan fingerprint density at radius 3 is 2.61 bits per heavy atom. The summed E-state index contributed by atoms with van der Waals surface area (Å²) in [5, 5.41) is 6.16. The van der Waals surface area contributed by atoms with Crippen LogP contribution in [0.25, 0.3) is 0 Å². The molecule has 1 unspecified atom stereocenters. The van der Waals surface area contributed by atoms with E-state index in [0.29, 0.717) is 0 Å². The summed E-state index contributed by atoms with van der Waals surface area (Å²) in [7, 11) is 4.08. The highest BCUT2D eigenvalue weighted by Gasteiger charge is 2.18. The largest absolute Gasteiger partial charge is 0.356 e. The summed E-state index contributed by atoms with van der Waals surface area (Å²) < 4.78 is 0.